The van der Waals surface area contributed by atoms with E-state index in [1.165, 1.54) is 6.20 Å². The number of carbonyl (C=O) groups is 2. The molecule has 0 aliphatic carbocycles. The first-order chi connectivity index (χ1) is 19.6. The summed E-state index contributed by atoms with van der Waals surface area (Å²) in [5.41, 5.74) is -0.621. The fourth-order valence-corrected chi connectivity index (χ4v) is 5.07. The molecule has 0 bridgehead atoms. The first-order valence-electron chi connectivity index (χ1n) is 13.2. The van der Waals surface area contributed by atoms with Crippen LogP contribution in [0.3, 0.4) is 0 Å². The quantitative estimate of drug-likeness (QED) is 0.399. The van der Waals surface area contributed by atoms with Gasteiger partial charge in [-0.1, -0.05) is 30.7 Å². The number of pyridine rings is 1. The topological polar surface area (TPSA) is 107 Å². The Hall–Kier alpha value is -4.00. The maximum Gasteiger partial charge on any atom is 0.437 e. The maximum absolute atomic E-state index is 13.7. The Morgan fingerprint density at radius 2 is 1.78 bits per heavy atom. The number of hydrogen-bond acceptors (Lipinski definition) is 7. The Kier molecular flexibility index (Phi) is 8.25. The molecule has 218 valence electrons. The number of oxazole rings is 1. The third-order valence-corrected chi connectivity index (χ3v) is 7.36. The van der Waals surface area contributed by atoms with Gasteiger partial charge < -0.3 is 29.8 Å². The van der Waals surface area contributed by atoms with Gasteiger partial charge in [0, 0.05) is 39.3 Å². The molecule has 3 amide bonds. The number of benzene rings is 1. The van der Waals surface area contributed by atoms with Crippen molar-refractivity contribution in [3.8, 4) is 0 Å². The summed E-state index contributed by atoms with van der Waals surface area (Å²) >= 11 is 6.12. The van der Waals surface area contributed by atoms with E-state index >= 15 is 0 Å². The van der Waals surface area contributed by atoms with Crippen molar-refractivity contribution in [1.29, 1.82) is 0 Å². The van der Waals surface area contributed by atoms with Gasteiger partial charge in [0.15, 0.2) is 5.69 Å². The first kappa shape index (κ1) is 28.5. The lowest BCUT2D eigenvalue weighted by atomic mass is 10.0. The van der Waals surface area contributed by atoms with Crippen LogP contribution in [0.4, 0.5) is 41.2 Å². The number of halogens is 4. The molecule has 2 fully saturated rings. The van der Waals surface area contributed by atoms with Crippen LogP contribution in [0.5, 0.6) is 0 Å². The van der Waals surface area contributed by atoms with E-state index in [0.29, 0.717) is 55.8 Å². The van der Waals surface area contributed by atoms with Crippen molar-refractivity contribution in [1.82, 2.24) is 14.9 Å². The van der Waals surface area contributed by atoms with Gasteiger partial charge in [-0.2, -0.15) is 18.2 Å². The van der Waals surface area contributed by atoms with Crippen molar-refractivity contribution in [2.75, 3.05) is 59.7 Å². The smallest absolute Gasteiger partial charge is 0.417 e. The number of para-hydroxylation sites is 1. The minimum atomic E-state index is -4.86. The van der Waals surface area contributed by atoms with Gasteiger partial charge in [0.2, 0.25) is 5.76 Å². The van der Waals surface area contributed by atoms with Gasteiger partial charge in [-0.25, -0.2) is 9.78 Å². The van der Waals surface area contributed by atoms with Crippen LogP contribution in [-0.4, -0.2) is 66.1 Å². The molecule has 1 unspecified atom stereocenters. The van der Waals surface area contributed by atoms with Crippen molar-refractivity contribution in [2.45, 2.75) is 25.9 Å². The van der Waals surface area contributed by atoms with Crippen LogP contribution in [0.15, 0.2) is 47.0 Å². The highest BCUT2D eigenvalue weighted by Crippen LogP contribution is 2.35. The molecule has 0 radical (unpaired) electrons. The van der Waals surface area contributed by atoms with E-state index in [0.717, 1.165) is 12.8 Å². The van der Waals surface area contributed by atoms with Crippen LogP contribution in [0.2, 0.25) is 5.02 Å². The number of hydrogen-bond donors (Lipinski definition) is 2. The molecule has 1 aromatic carbocycles. The highest BCUT2D eigenvalue weighted by atomic mass is 35.5. The zero-order valence-corrected chi connectivity index (χ0v) is 23.0. The minimum Gasteiger partial charge on any atom is -0.417 e. The summed E-state index contributed by atoms with van der Waals surface area (Å²) in [4.78, 5) is 38.7. The summed E-state index contributed by atoms with van der Waals surface area (Å²) in [5, 5.41) is 5.69. The molecule has 2 aliphatic heterocycles. The molecule has 0 spiro atoms. The molecule has 2 aliphatic rings. The normalized spacial score (nSPS) is 17.9. The standard InChI is InChI=1S/C27H29ClF3N7O3/c1-17-5-4-10-38(16-17)26-35-23(27(29,30)31)22(41-26)24(39)33-18-8-9-21(32-15-18)36-11-13-37(14-12-36)25(40)34-20-7-3-2-6-19(20)28/h2-3,6-9,15,17H,4-5,10-14,16H2,1H3,(H,33,39)(H,34,40). The fourth-order valence-electron chi connectivity index (χ4n) is 4.88. The van der Waals surface area contributed by atoms with E-state index in [9.17, 15) is 22.8 Å². The Labute approximate surface area is 239 Å². The van der Waals surface area contributed by atoms with Crippen LogP contribution in [0, 0.1) is 5.92 Å². The highest BCUT2D eigenvalue weighted by molar-refractivity contribution is 6.33. The SMILES string of the molecule is CC1CCCN(c2nc(C(F)(F)F)c(C(=O)Nc3ccc(N4CCN(C(=O)Nc5ccccc5Cl)CC4)nc3)o2)C1. The molecule has 4 heterocycles. The number of aromatic nitrogens is 2. The predicted molar refractivity (Wildman–Crippen MR) is 149 cm³/mol. The summed E-state index contributed by atoms with van der Waals surface area (Å²) in [7, 11) is 0. The number of piperazine rings is 1. The molecule has 10 nitrogen and oxygen atoms in total. The minimum absolute atomic E-state index is 0.203. The molecule has 2 saturated heterocycles. The fraction of sp³-hybridized carbons (Fsp3) is 0.407. The number of nitrogens with one attached hydrogen (secondary N) is 2. The summed E-state index contributed by atoms with van der Waals surface area (Å²) in [6, 6.07) is 9.72. The van der Waals surface area contributed by atoms with E-state index in [-0.39, 0.29) is 23.7 Å². The summed E-state index contributed by atoms with van der Waals surface area (Å²) < 4.78 is 46.4. The Morgan fingerprint density at radius 3 is 2.44 bits per heavy atom. The van der Waals surface area contributed by atoms with E-state index in [1.54, 1.807) is 46.2 Å². The highest BCUT2D eigenvalue weighted by Gasteiger charge is 2.42. The van der Waals surface area contributed by atoms with Crippen LogP contribution >= 0.6 is 11.6 Å². The zero-order chi connectivity index (χ0) is 29.1. The molecule has 14 heteroatoms. The lowest BCUT2D eigenvalue weighted by Crippen LogP contribution is -2.50. The monoisotopic (exact) mass is 591 g/mol. The first-order valence-corrected chi connectivity index (χ1v) is 13.6. The molecule has 0 saturated carbocycles. The van der Waals surface area contributed by atoms with E-state index < -0.39 is 23.5 Å². The third kappa shape index (κ3) is 6.67. The van der Waals surface area contributed by atoms with E-state index in [1.807, 2.05) is 11.8 Å². The molecular formula is C27H29ClF3N7O3. The number of nitrogens with zero attached hydrogens (tertiary/aromatic N) is 5. The van der Waals surface area contributed by atoms with Crippen molar-refractivity contribution < 1.29 is 27.2 Å². The number of amides is 3. The van der Waals surface area contributed by atoms with Crippen molar-refractivity contribution in [2.24, 2.45) is 5.92 Å². The molecule has 1 atom stereocenters. The Bertz CT molecular complexity index is 1390. The molecule has 2 N–H and O–H groups in total. The zero-order valence-electron chi connectivity index (χ0n) is 22.2. The third-order valence-electron chi connectivity index (χ3n) is 7.03. The number of urea groups is 1. The molecule has 41 heavy (non-hydrogen) atoms. The lowest BCUT2D eigenvalue weighted by molar-refractivity contribution is -0.141. The predicted octanol–water partition coefficient (Wildman–Crippen LogP) is 5.58. The van der Waals surface area contributed by atoms with Gasteiger partial charge in [-0.05, 0) is 43.0 Å². The van der Waals surface area contributed by atoms with Crippen molar-refractivity contribution in [3.05, 3.63) is 59.1 Å². The molecular weight excluding hydrogens is 563 g/mol. The van der Waals surface area contributed by atoms with Crippen LogP contribution in [0.1, 0.15) is 36.0 Å². The van der Waals surface area contributed by atoms with Crippen LogP contribution in [-0.2, 0) is 6.18 Å². The second kappa shape index (κ2) is 11.9. The molecule has 2 aromatic heterocycles. The number of rotatable bonds is 5. The largest absolute Gasteiger partial charge is 0.437 e. The average molecular weight is 592 g/mol. The van der Waals surface area contributed by atoms with Crippen molar-refractivity contribution >= 4 is 46.7 Å². The van der Waals surface area contributed by atoms with E-state index in [4.69, 9.17) is 16.0 Å². The van der Waals surface area contributed by atoms with Gasteiger partial charge in [0.1, 0.15) is 5.82 Å². The van der Waals surface area contributed by atoms with Crippen LogP contribution < -0.4 is 20.4 Å². The maximum atomic E-state index is 13.7. The van der Waals surface area contributed by atoms with Crippen molar-refractivity contribution in [3.63, 3.8) is 0 Å². The van der Waals surface area contributed by atoms with Gasteiger partial charge in [0.25, 0.3) is 11.9 Å². The number of carbonyl (C=O) groups excluding carboxylic acids is 2. The van der Waals surface area contributed by atoms with Gasteiger partial charge in [-0.15, -0.1) is 0 Å². The number of piperidine rings is 1. The lowest BCUT2D eigenvalue weighted by Gasteiger charge is -2.35. The summed E-state index contributed by atoms with van der Waals surface area (Å²) in [6.07, 6.45) is -1.73. The van der Waals surface area contributed by atoms with Crippen LogP contribution in [0.25, 0.3) is 0 Å². The number of anilines is 4. The Balaban J connectivity index is 1.20. The van der Waals surface area contributed by atoms with Gasteiger partial charge in [0.05, 0.1) is 22.6 Å². The average Bonchev–Trinajstić information content (AvgIpc) is 3.42. The number of alkyl halides is 3. The van der Waals surface area contributed by atoms with Gasteiger partial charge in [-0.3, -0.25) is 4.79 Å². The summed E-state index contributed by atoms with van der Waals surface area (Å²) in [6.45, 7) is 4.93. The summed E-state index contributed by atoms with van der Waals surface area (Å²) in [5.74, 6) is -1.07. The second-order valence-electron chi connectivity index (χ2n) is 10.1. The second-order valence-corrected chi connectivity index (χ2v) is 10.5. The molecule has 5 rings (SSSR count). The van der Waals surface area contributed by atoms with Gasteiger partial charge >= 0.3 is 12.2 Å². The van der Waals surface area contributed by atoms with E-state index in [2.05, 4.69) is 20.6 Å². The molecule has 3 aromatic rings. The Morgan fingerprint density at radius 1 is 1.02 bits per heavy atom.